The van der Waals surface area contributed by atoms with E-state index < -0.39 is 45.1 Å². The molecule has 102 valence electrons. The van der Waals surface area contributed by atoms with E-state index >= 15 is 0 Å². The van der Waals surface area contributed by atoms with E-state index in [4.69, 9.17) is 16.7 Å². The van der Waals surface area contributed by atoms with Crippen LogP contribution in [-0.4, -0.2) is 5.11 Å². The van der Waals surface area contributed by atoms with Crippen molar-refractivity contribution in [1.29, 1.82) is 0 Å². The first-order valence-electron chi connectivity index (χ1n) is 4.86. The van der Waals surface area contributed by atoms with Gasteiger partial charge in [-0.05, 0) is 5.41 Å². The first-order valence-corrected chi connectivity index (χ1v) is 5.24. The Bertz CT molecular complexity index is 443. The van der Waals surface area contributed by atoms with Crippen molar-refractivity contribution >= 4 is 11.6 Å². The number of hydrogen-bond acceptors (Lipinski definition) is 1. The van der Waals surface area contributed by atoms with Gasteiger partial charge in [-0.1, -0.05) is 32.4 Å². The van der Waals surface area contributed by atoms with E-state index in [-0.39, 0.29) is 0 Å². The zero-order chi connectivity index (χ0) is 14.5. The summed E-state index contributed by atoms with van der Waals surface area (Å²) in [6.07, 6.45) is -5.02. The van der Waals surface area contributed by atoms with Crippen LogP contribution in [0.1, 0.15) is 31.9 Å². The van der Waals surface area contributed by atoms with Gasteiger partial charge < -0.3 is 5.11 Å². The monoisotopic (exact) mass is 288 g/mol. The molecule has 0 saturated heterocycles. The standard InChI is InChI=1S/C11H10ClF5O/c1-10(2,3)5-4(11(15,16)17)6(12)8(14)9(18)7(5)13/h18H,1-3H3. The first kappa shape index (κ1) is 15.0. The van der Waals surface area contributed by atoms with E-state index in [2.05, 4.69) is 0 Å². The van der Waals surface area contributed by atoms with Crippen molar-refractivity contribution in [3.8, 4) is 5.75 Å². The molecule has 0 aliphatic carbocycles. The Morgan fingerprint density at radius 1 is 0.944 bits per heavy atom. The molecule has 18 heavy (non-hydrogen) atoms. The number of hydrogen-bond donors (Lipinski definition) is 1. The predicted molar refractivity (Wildman–Crippen MR) is 56.7 cm³/mol. The molecule has 0 spiro atoms. The third-order valence-corrected chi connectivity index (χ3v) is 2.69. The van der Waals surface area contributed by atoms with Gasteiger partial charge in [0, 0.05) is 5.56 Å². The van der Waals surface area contributed by atoms with E-state index in [0.29, 0.717) is 0 Å². The molecule has 0 aliphatic rings. The maximum Gasteiger partial charge on any atom is 0.418 e. The molecular formula is C11H10ClF5O. The summed E-state index contributed by atoms with van der Waals surface area (Å²) < 4.78 is 65.4. The van der Waals surface area contributed by atoms with Crippen molar-refractivity contribution in [2.75, 3.05) is 0 Å². The number of alkyl halides is 3. The second-order valence-electron chi connectivity index (χ2n) is 4.79. The molecule has 0 unspecified atom stereocenters. The highest BCUT2D eigenvalue weighted by molar-refractivity contribution is 6.31. The van der Waals surface area contributed by atoms with Gasteiger partial charge >= 0.3 is 6.18 Å². The molecule has 1 aromatic carbocycles. The molecule has 7 heteroatoms. The molecule has 0 radical (unpaired) electrons. The second-order valence-corrected chi connectivity index (χ2v) is 5.17. The number of rotatable bonds is 0. The molecule has 0 bridgehead atoms. The van der Waals surface area contributed by atoms with Gasteiger partial charge in [0.2, 0.25) is 0 Å². The maximum atomic E-state index is 13.7. The summed E-state index contributed by atoms with van der Waals surface area (Å²) in [5, 5.41) is 7.79. The lowest BCUT2D eigenvalue weighted by molar-refractivity contribution is -0.139. The summed E-state index contributed by atoms with van der Waals surface area (Å²) >= 11 is 5.24. The lowest BCUT2D eigenvalue weighted by Crippen LogP contribution is -2.23. The lowest BCUT2D eigenvalue weighted by atomic mass is 9.82. The van der Waals surface area contributed by atoms with Crippen LogP contribution in [0.5, 0.6) is 5.75 Å². The van der Waals surface area contributed by atoms with Crippen molar-refractivity contribution in [3.05, 3.63) is 27.8 Å². The van der Waals surface area contributed by atoms with E-state index in [1.807, 2.05) is 0 Å². The van der Waals surface area contributed by atoms with Crippen LogP contribution in [0, 0.1) is 11.6 Å². The Kier molecular flexibility index (Phi) is 3.55. The zero-order valence-corrected chi connectivity index (χ0v) is 10.5. The van der Waals surface area contributed by atoms with Crippen LogP contribution in [0.15, 0.2) is 0 Å². The van der Waals surface area contributed by atoms with E-state index in [1.54, 1.807) is 0 Å². The Labute approximate surface area is 105 Å². The zero-order valence-electron chi connectivity index (χ0n) is 9.72. The summed E-state index contributed by atoms with van der Waals surface area (Å²) in [5.74, 6) is -4.95. The molecule has 0 aliphatic heterocycles. The van der Waals surface area contributed by atoms with Crippen LogP contribution >= 0.6 is 11.6 Å². The molecule has 1 N–H and O–H groups in total. The van der Waals surface area contributed by atoms with E-state index in [9.17, 15) is 22.0 Å². The van der Waals surface area contributed by atoms with Gasteiger partial charge in [0.05, 0.1) is 10.6 Å². The fourth-order valence-electron chi connectivity index (χ4n) is 1.62. The minimum atomic E-state index is -5.02. The maximum absolute atomic E-state index is 13.7. The average Bonchev–Trinajstić information content (AvgIpc) is 2.16. The van der Waals surface area contributed by atoms with Crippen LogP contribution in [0.3, 0.4) is 0 Å². The van der Waals surface area contributed by atoms with Gasteiger partial charge in [-0.2, -0.15) is 13.2 Å². The first-order chi connectivity index (χ1) is 7.89. The van der Waals surface area contributed by atoms with Crippen LogP contribution in [-0.2, 0) is 11.6 Å². The van der Waals surface area contributed by atoms with Gasteiger partial charge in [-0.25, -0.2) is 8.78 Å². The van der Waals surface area contributed by atoms with Crippen molar-refractivity contribution in [3.63, 3.8) is 0 Å². The Balaban J connectivity index is 3.89. The highest BCUT2D eigenvalue weighted by Gasteiger charge is 2.43. The highest BCUT2D eigenvalue weighted by atomic mass is 35.5. The molecule has 0 fully saturated rings. The third-order valence-electron chi connectivity index (χ3n) is 2.33. The summed E-state index contributed by atoms with van der Waals surface area (Å²) in [5.41, 5.74) is -3.76. The number of phenolic OH excluding ortho intramolecular Hbond substituents is 1. The number of phenols is 1. The van der Waals surface area contributed by atoms with Gasteiger partial charge in [0.25, 0.3) is 0 Å². The van der Waals surface area contributed by atoms with Crippen LogP contribution in [0.4, 0.5) is 22.0 Å². The molecule has 0 heterocycles. The fraction of sp³-hybridized carbons (Fsp3) is 0.455. The minimum Gasteiger partial charge on any atom is -0.503 e. The van der Waals surface area contributed by atoms with Gasteiger partial charge in [0.1, 0.15) is 0 Å². The number of benzene rings is 1. The quantitative estimate of drug-likeness (QED) is 0.545. The normalized spacial score (nSPS) is 12.9. The smallest absolute Gasteiger partial charge is 0.418 e. The predicted octanol–water partition coefficient (Wildman–Crippen LogP) is 4.64. The SMILES string of the molecule is CC(C)(C)c1c(F)c(O)c(F)c(Cl)c1C(F)(F)F. The average molecular weight is 289 g/mol. The summed E-state index contributed by atoms with van der Waals surface area (Å²) in [7, 11) is 0. The molecule has 1 nitrogen and oxygen atoms in total. The highest BCUT2D eigenvalue weighted by Crippen LogP contribution is 2.46. The lowest BCUT2D eigenvalue weighted by Gasteiger charge is -2.26. The van der Waals surface area contributed by atoms with Crippen molar-refractivity contribution in [2.24, 2.45) is 0 Å². The number of aromatic hydroxyl groups is 1. The van der Waals surface area contributed by atoms with Crippen LogP contribution < -0.4 is 0 Å². The fourth-order valence-corrected chi connectivity index (χ4v) is 1.91. The Morgan fingerprint density at radius 2 is 1.39 bits per heavy atom. The van der Waals surface area contributed by atoms with E-state index in [0.717, 1.165) is 0 Å². The largest absolute Gasteiger partial charge is 0.503 e. The van der Waals surface area contributed by atoms with Crippen LogP contribution in [0.25, 0.3) is 0 Å². The summed E-state index contributed by atoms with van der Waals surface area (Å²) in [6, 6.07) is 0. The van der Waals surface area contributed by atoms with Crippen LogP contribution in [0.2, 0.25) is 5.02 Å². The van der Waals surface area contributed by atoms with Gasteiger partial charge in [-0.15, -0.1) is 0 Å². The molecule has 1 aromatic rings. The van der Waals surface area contributed by atoms with Crippen molar-refractivity contribution in [2.45, 2.75) is 32.4 Å². The molecule has 0 aromatic heterocycles. The topological polar surface area (TPSA) is 20.2 Å². The Hall–Kier alpha value is -1.04. The van der Waals surface area contributed by atoms with E-state index in [1.165, 1.54) is 20.8 Å². The van der Waals surface area contributed by atoms with Gasteiger partial charge in [0.15, 0.2) is 17.4 Å². The van der Waals surface area contributed by atoms with Gasteiger partial charge in [-0.3, -0.25) is 0 Å². The molecule has 1 rings (SSSR count). The number of halogens is 6. The van der Waals surface area contributed by atoms with Crippen molar-refractivity contribution < 1.29 is 27.1 Å². The molecule has 0 amide bonds. The molecule has 0 saturated carbocycles. The molecule has 0 atom stereocenters. The Morgan fingerprint density at radius 3 is 1.72 bits per heavy atom. The summed E-state index contributed by atoms with van der Waals surface area (Å²) in [6.45, 7) is 3.90. The van der Waals surface area contributed by atoms with Crippen molar-refractivity contribution in [1.82, 2.24) is 0 Å². The summed E-state index contributed by atoms with van der Waals surface area (Å²) in [4.78, 5) is 0. The third kappa shape index (κ3) is 2.39. The second kappa shape index (κ2) is 4.26. The molecular weight excluding hydrogens is 279 g/mol. The minimum absolute atomic E-state index is 0.862.